The van der Waals surface area contributed by atoms with Crippen molar-refractivity contribution in [2.45, 2.75) is 31.0 Å². The van der Waals surface area contributed by atoms with Crippen molar-refractivity contribution >= 4 is 37.9 Å². The normalized spacial score (nSPS) is 18.4. The lowest BCUT2D eigenvalue weighted by molar-refractivity contribution is -0.00545. The third kappa shape index (κ3) is 4.95. The van der Waals surface area contributed by atoms with E-state index >= 15 is 0 Å². The number of nitrogens with zero attached hydrogens (tertiary/aromatic N) is 3. The first kappa shape index (κ1) is 24.0. The molecule has 2 unspecified atom stereocenters. The van der Waals surface area contributed by atoms with Gasteiger partial charge in [0.1, 0.15) is 11.6 Å². The van der Waals surface area contributed by atoms with Crippen LogP contribution in [0.1, 0.15) is 13.8 Å². The smallest absolute Gasteiger partial charge is 0.259 e. The van der Waals surface area contributed by atoms with Crippen LogP contribution in [0.2, 0.25) is 0 Å². The number of morpholine rings is 1. The maximum atomic E-state index is 12.7. The van der Waals surface area contributed by atoms with E-state index < -0.39 is 9.84 Å². The Hall–Kier alpha value is -3.76. The molecule has 4 heterocycles. The number of ether oxygens (including phenoxy) is 1. The average Bonchev–Trinajstić information content (AvgIpc) is 2.83. The van der Waals surface area contributed by atoms with E-state index in [1.165, 1.54) is 6.26 Å². The summed E-state index contributed by atoms with van der Waals surface area (Å²) in [5.74, 6) is 1.21. The number of fused-ring (bicyclic) bond motifs is 1. The molecule has 9 nitrogen and oxygen atoms in total. The van der Waals surface area contributed by atoms with Gasteiger partial charge >= 0.3 is 0 Å². The second kappa shape index (κ2) is 9.36. The Balaban J connectivity index is 1.52. The molecule has 0 amide bonds. The van der Waals surface area contributed by atoms with Crippen LogP contribution >= 0.6 is 0 Å². The second-order valence-corrected chi connectivity index (χ2v) is 11.1. The third-order valence-corrected chi connectivity index (χ3v) is 7.18. The number of rotatable bonds is 5. The zero-order chi connectivity index (χ0) is 25.4. The van der Waals surface area contributed by atoms with Gasteiger partial charge in [-0.25, -0.2) is 18.4 Å². The molecule has 1 aliphatic rings. The van der Waals surface area contributed by atoms with Gasteiger partial charge in [-0.15, -0.1) is 0 Å². The Morgan fingerprint density at radius 2 is 1.86 bits per heavy atom. The highest BCUT2D eigenvalue weighted by Gasteiger charge is 2.23. The van der Waals surface area contributed by atoms with Crippen LogP contribution in [0, 0.1) is 0 Å². The van der Waals surface area contributed by atoms with E-state index in [0.717, 1.165) is 18.9 Å². The minimum atomic E-state index is -3.38. The van der Waals surface area contributed by atoms with Crippen molar-refractivity contribution in [1.82, 2.24) is 15.0 Å². The highest BCUT2D eigenvalue weighted by molar-refractivity contribution is 7.90. The van der Waals surface area contributed by atoms with Crippen molar-refractivity contribution < 1.29 is 13.2 Å². The molecule has 5 rings (SSSR count). The van der Waals surface area contributed by atoms with Crippen LogP contribution in [0.5, 0.6) is 0 Å². The molecule has 1 aromatic carbocycles. The Kier molecular flexibility index (Phi) is 6.23. The van der Waals surface area contributed by atoms with E-state index in [1.54, 1.807) is 48.8 Å². The summed E-state index contributed by atoms with van der Waals surface area (Å²) in [6, 6.07) is 14.0. The SMILES string of the molecule is CC1CN(c2ccc(Nc3nc(-c4cccc(S(C)(=O)=O)c4)cc4cc[nH]c(=O)c34)cn2)CC(C)O1. The standard InChI is InChI=1S/C26H27N5O4S/c1-16-14-31(15-17(2)35-16)23-8-7-20(13-28-23)29-25-24-19(9-10-27-26(24)32)12-22(30-25)18-5-4-6-21(11-18)36(3,33)34/h4-13,16-17H,14-15H2,1-3H3,(H,27,32)(H,29,30). The summed E-state index contributed by atoms with van der Waals surface area (Å²) >= 11 is 0. The van der Waals surface area contributed by atoms with Crippen molar-refractivity contribution in [3.63, 3.8) is 0 Å². The van der Waals surface area contributed by atoms with Crippen molar-refractivity contribution in [2.24, 2.45) is 0 Å². The van der Waals surface area contributed by atoms with Gasteiger partial charge < -0.3 is 19.9 Å². The van der Waals surface area contributed by atoms with Crippen LogP contribution in [-0.4, -0.2) is 54.9 Å². The monoisotopic (exact) mass is 505 g/mol. The van der Waals surface area contributed by atoms with E-state index in [2.05, 4.69) is 20.2 Å². The first-order valence-electron chi connectivity index (χ1n) is 11.6. The van der Waals surface area contributed by atoms with Gasteiger partial charge in [0.15, 0.2) is 9.84 Å². The number of aromatic nitrogens is 3. The molecule has 2 N–H and O–H groups in total. The molecule has 0 spiro atoms. The highest BCUT2D eigenvalue weighted by Crippen LogP contribution is 2.29. The van der Waals surface area contributed by atoms with Crippen molar-refractivity contribution in [3.05, 3.63) is 71.3 Å². The molecular weight excluding hydrogens is 478 g/mol. The van der Waals surface area contributed by atoms with Crippen molar-refractivity contribution in [2.75, 3.05) is 29.6 Å². The highest BCUT2D eigenvalue weighted by atomic mass is 32.2. The number of sulfone groups is 1. The summed E-state index contributed by atoms with van der Waals surface area (Å²) in [5.41, 5.74) is 1.57. The molecule has 1 saturated heterocycles. The Morgan fingerprint density at radius 3 is 2.56 bits per heavy atom. The Morgan fingerprint density at radius 1 is 1.08 bits per heavy atom. The largest absolute Gasteiger partial charge is 0.372 e. The Bertz CT molecular complexity index is 1570. The van der Waals surface area contributed by atoms with Crippen LogP contribution in [0.25, 0.3) is 22.0 Å². The molecule has 0 radical (unpaired) electrons. The van der Waals surface area contributed by atoms with E-state index in [1.807, 2.05) is 26.0 Å². The van der Waals surface area contributed by atoms with Gasteiger partial charge in [-0.2, -0.15) is 0 Å². The molecule has 3 aromatic heterocycles. The molecule has 10 heteroatoms. The van der Waals surface area contributed by atoms with Gasteiger partial charge in [0.05, 0.1) is 40.1 Å². The van der Waals surface area contributed by atoms with E-state index in [0.29, 0.717) is 33.5 Å². The number of pyridine rings is 3. The summed E-state index contributed by atoms with van der Waals surface area (Å²) in [7, 11) is -3.38. The first-order chi connectivity index (χ1) is 17.2. The summed E-state index contributed by atoms with van der Waals surface area (Å²) in [4.78, 5) is 27.1. The molecule has 0 bridgehead atoms. The number of benzene rings is 1. The number of hydrogen-bond donors (Lipinski definition) is 2. The van der Waals surface area contributed by atoms with E-state index in [-0.39, 0.29) is 22.7 Å². The molecule has 36 heavy (non-hydrogen) atoms. The second-order valence-electron chi connectivity index (χ2n) is 9.12. The number of H-pyrrole nitrogens is 1. The zero-order valence-corrected chi connectivity index (χ0v) is 21.0. The van der Waals surface area contributed by atoms with Gasteiger partial charge in [-0.3, -0.25) is 4.79 Å². The maximum absolute atomic E-state index is 12.7. The van der Waals surface area contributed by atoms with E-state index in [9.17, 15) is 13.2 Å². The fourth-order valence-corrected chi connectivity index (χ4v) is 5.15. The fourth-order valence-electron chi connectivity index (χ4n) is 4.49. The van der Waals surface area contributed by atoms with Crippen molar-refractivity contribution in [3.8, 4) is 11.3 Å². The Labute approximate surface area is 209 Å². The lowest BCUT2D eigenvalue weighted by Crippen LogP contribution is -2.45. The molecule has 0 aliphatic carbocycles. The number of hydrogen-bond acceptors (Lipinski definition) is 8. The number of nitrogens with one attached hydrogen (secondary N) is 2. The van der Waals surface area contributed by atoms with Gasteiger partial charge in [0, 0.05) is 31.1 Å². The van der Waals surface area contributed by atoms with Gasteiger partial charge in [-0.05, 0) is 55.6 Å². The van der Waals surface area contributed by atoms with Gasteiger partial charge in [0.25, 0.3) is 5.56 Å². The summed E-state index contributed by atoms with van der Waals surface area (Å²) in [6.45, 7) is 5.62. The van der Waals surface area contributed by atoms with Gasteiger partial charge in [0.2, 0.25) is 0 Å². The zero-order valence-electron chi connectivity index (χ0n) is 20.2. The molecule has 1 aliphatic heterocycles. The third-order valence-electron chi connectivity index (χ3n) is 6.07. The molecule has 1 fully saturated rings. The lowest BCUT2D eigenvalue weighted by Gasteiger charge is -2.36. The topological polar surface area (TPSA) is 117 Å². The molecular formula is C26H27N5O4S. The van der Waals surface area contributed by atoms with Crippen LogP contribution in [-0.2, 0) is 14.6 Å². The first-order valence-corrected chi connectivity index (χ1v) is 13.5. The minimum absolute atomic E-state index is 0.125. The maximum Gasteiger partial charge on any atom is 0.259 e. The molecule has 0 saturated carbocycles. The van der Waals surface area contributed by atoms with Crippen LogP contribution in [0.3, 0.4) is 0 Å². The number of anilines is 3. The molecule has 2 atom stereocenters. The fraction of sp³-hybridized carbons (Fsp3) is 0.269. The molecule has 4 aromatic rings. The predicted octanol–water partition coefficient (Wildman–Crippen LogP) is 3.75. The lowest BCUT2D eigenvalue weighted by atomic mass is 10.1. The van der Waals surface area contributed by atoms with Crippen LogP contribution in [0.15, 0.2) is 70.6 Å². The average molecular weight is 506 g/mol. The van der Waals surface area contributed by atoms with Gasteiger partial charge in [-0.1, -0.05) is 12.1 Å². The van der Waals surface area contributed by atoms with Crippen LogP contribution in [0.4, 0.5) is 17.3 Å². The summed E-state index contributed by atoms with van der Waals surface area (Å²) in [6.07, 6.45) is 4.70. The quantitative estimate of drug-likeness (QED) is 0.421. The van der Waals surface area contributed by atoms with E-state index in [4.69, 9.17) is 9.72 Å². The predicted molar refractivity (Wildman–Crippen MR) is 141 cm³/mol. The summed E-state index contributed by atoms with van der Waals surface area (Å²) < 4.78 is 29.9. The molecule has 186 valence electrons. The summed E-state index contributed by atoms with van der Waals surface area (Å²) in [5, 5.41) is 4.32. The van der Waals surface area contributed by atoms with Crippen LogP contribution < -0.4 is 15.8 Å². The minimum Gasteiger partial charge on any atom is -0.372 e. The number of aromatic amines is 1. The van der Waals surface area contributed by atoms with Crippen molar-refractivity contribution in [1.29, 1.82) is 0 Å².